The van der Waals surface area contributed by atoms with Gasteiger partial charge in [-0.05, 0) is 61.4 Å². The largest absolute Gasteiger partial charge is 0.494 e. The van der Waals surface area contributed by atoms with Crippen LogP contribution in [0.15, 0.2) is 48.5 Å². The van der Waals surface area contributed by atoms with E-state index in [4.69, 9.17) is 4.74 Å². The van der Waals surface area contributed by atoms with Crippen molar-refractivity contribution in [3.63, 3.8) is 0 Å². The first kappa shape index (κ1) is 22.3. The second-order valence-electron chi connectivity index (χ2n) is 8.22. The molecule has 0 atom stereocenters. The van der Waals surface area contributed by atoms with Crippen LogP contribution in [-0.2, 0) is 17.9 Å². The number of benzene rings is 2. The molecule has 5 nitrogen and oxygen atoms in total. The van der Waals surface area contributed by atoms with Crippen molar-refractivity contribution in [3.8, 4) is 5.75 Å². The lowest BCUT2D eigenvalue weighted by molar-refractivity contribution is -0.121. The van der Waals surface area contributed by atoms with Crippen molar-refractivity contribution in [1.82, 2.24) is 10.2 Å². The van der Waals surface area contributed by atoms with Crippen molar-refractivity contribution in [2.24, 2.45) is 0 Å². The molecule has 5 heteroatoms. The van der Waals surface area contributed by atoms with E-state index in [1.54, 1.807) is 0 Å². The van der Waals surface area contributed by atoms with Crippen LogP contribution in [0.5, 0.6) is 5.75 Å². The number of hydrogen-bond donors (Lipinski definition) is 2. The van der Waals surface area contributed by atoms with E-state index >= 15 is 0 Å². The molecule has 1 heterocycles. The highest BCUT2D eigenvalue weighted by atomic mass is 16.5. The van der Waals surface area contributed by atoms with Gasteiger partial charge in [-0.1, -0.05) is 36.4 Å². The molecule has 2 N–H and O–H groups in total. The number of unbranched alkanes of at least 4 members (excludes halogenated alkanes) is 1. The Kier molecular flexibility index (Phi) is 8.72. The van der Waals surface area contributed by atoms with E-state index < -0.39 is 0 Å². The average molecular weight is 411 g/mol. The van der Waals surface area contributed by atoms with Gasteiger partial charge in [0, 0.05) is 32.6 Å². The summed E-state index contributed by atoms with van der Waals surface area (Å²) in [5, 5.41) is 12.6. The van der Waals surface area contributed by atoms with Crippen molar-refractivity contribution in [2.45, 2.75) is 58.2 Å². The number of carbonyl (C=O) groups is 1. The van der Waals surface area contributed by atoms with Gasteiger partial charge in [0.2, 0.25) is 5.91 Å². The van der Waals surface area contributed by atoms with Gasteiger partial charge >= 0.3 is 0 Å². The number of ether oxygens (including phenoxy) is 1. The minimum Gasteiger partial charge on any atom is -0.494 e. The maximum Gasteiger partial charge on any atom is 0.220 e. The minimum atomic E-state index is -0.132. The van der Waals surface area contributed by atoms with Crippen LogP contribution in [0, 0.1) is 6.92 Å². The fourth-order valence-electron chi connectivity index (χ4n) is 3.67. The summed E-state index contributed by atoms with van der Waals surface area (Å²) in [7, 11) is 0. The molecule has 3 rings (SSSR count). The molecule has 0 aliphatic carbocycles. The molecule has 0 unspecified atom stereocenters. The van der Waals surface area contributed by atoms with Crippen LogP contribution >= 0.6 is 0 Å². The maximum absolute atomic E-state index is 12.1. The second-order valence-corrected chi connectivity index (χ2v) is 8.22. The molecule has 0 spiro atoms. The van der Waals surface area contributed by atoms with E-state index in [1.165, 1.54) is 11.1 Å². The summed E-state index contributed by atoms with van der Waals surface area (Å²) in [4.78, 5) is 14.5. The maximum atomic E-state index is 12.1. The summed E-state index contributed by atoms with van der Waals surface area (Å²) < 4.78 is 5.72. The molecule has 2 aromatic rings. The average Bonchev–Trinajstić information content (AvgIpc) is 2.75. The normalized spacial score (nSPS) is 15.1. The van der Waals surface area contributed by atoms with Gasteiger partial charge in [0.15, 0.2) is 0 Å². The lowest BCUT2D eigenvalue weighted by atomic mass is 10.1. The summed E-state index contributed by atoms with van der Waals surface area (Å²) in [5.41, 5.74) is 3.57. The monoisotopic (exact) mass is 410 g/mol. The Labute approximate surface area is 180 Å². The van der Waals surface area contributed by atoms with E-state index in [-0.39, 0.29) is 12.0 Å². The molecule has 1 fully saturated rings. The number of likely N-dealkylation sites (tertiary alicyclic amines) is 1. The second kappa shape index (κ2) is 11.7. The molecular formula is C25H34N2O3. The predicted octanol–water partition coefficient (Wildman–Crippen LogP) is 3.82. The van der Waals surface area contributed by atoms with Crippen molar-refractivity contribution >= 4 is 5.91 Å². The van der Waals surface area contributed by atoms with Gasteiger partial charge in [0.1, 0.15) is 5.75 Å². The van der Waals surface area contributed by atoms with Crippen LogP contribution in [0.4, 0.5) is 0 Å². The molecule has 1 aliphatic rings. The summed E-state index contributed by atoms with van der Waals surface area (Å²) in [6.45, 7) is 6.07. The Morgan fingerprint density at radius 3 is 2.57 bits per heavy atom. The van der Waals surface area contributed by atoms with Crippen molar-refractivity contribution in [2.75, 3.05) is 19.7 Å². The molecule has 1 saturated heterocycles. The van der Waals surface area contributed by atoms with Gasteiger partial charge < -0.3 is 15.2 Å². The van der Waals surface area contributed by atoms with Crippen molar-refractivity contribution in [1.29, 1.82) is 0 Å². The highest BCUT2D eigenvalue weighted by Crippen LogP contribution is 2.15. The van der Waals surface area contributed by atoms with Gasteiger partial charge in [-0.15, -0.1) is 0 Å². The van der Waals surface area contributed by atoms with Crippen LogP contribution in [0.1, 0.15) is 48.8 Å². The molecular weight excluding hydrogens is 376 g/mol. The van der Waals surface area contributed by atoms with Crippen molar-refractivity contribution < 1.29 is 14.6 Å². The summed E-state index contributed by atoms with van der Waals surface area (Å²) in [5.74, 6) is 0.974. The summed E-state index contributed by atoms with van der Waals surface area (Å²) in [6.07, 6.45) is 3.80. The van der Waals surface area contributed by atoms with Crippen molar-refractivity contribution in [3.05, 3.63) is 65.2 Å². The first-order chi connectivity index (χ1) is 14.6. The molecule has 0 aromatic heterocycles. The van der Waals surface area contributed by atoms with Crippen LogP contribution < -0.4 is 10.1 Å². The first-order valence-electron chi connectivity index (χ1n) is 11.0. The third-order valence-corrected chi connectivity index (χ3v) is 5.53. The molecule has 2 aromatic carbocycles. The Morgan fingerprint density at radius 2 is 1.83 bits per heavy atom. The van der Waals surface area contributed by atoms with Gasteiger partial charge in [-0.25, -0.2) is 0 Å². The van der Waals surface area contributed by atoms with E-state index in [0.29, 0.717) is 19.6 Å². The van der Waals surface area contributed by atoms with Gasteiger partial charge in [-0.2, -0.15) is 0 Å². The summed E-state index contributed by atoms with van der Waals surface area (Å²) in [6, 6.07) is 16.5. The van der Waals surface area contributed by atoms with Gasteiger partial charge in [0.05, 0.1) is 12.7 Å². The number of aryl methyl sites for hydroxylation is 1. The smallest absolute Gasteiger partial charge is 0.220 e. The van der Waals surface area contributed by atoms with Crippen LogP contribution in [-0.4, -0.2) is 41.7 Å². The Morgan fingerprint density at radius 1 is 1.10 bits per heavy atom. The van der Waals surface area contributed by atoms with Gasteiger partial charge in [-0.3, -0.25) is 9.69 Å². The predicted molar refractivity (Wildman–Crippen MR) is 119 cm³/mol. The number of nitrogens with one attached hydrogen (secondary N) is 1. The molecule has 1 aliphatic heterocycles. The SMILES string of the molecule is Cc1cccc(OCCCCC(=O)NCc2ccc(CN3CCC(O)CC3)cc2)c1. The van der Waals surface area contributed by atoms with Crippen LogP contribution in [0.3, 0.4) is 0 Å². The number of aliphatic hydroxyl groups excluding tert-OH is 1. The zero-order chi connectivity index (χ0) is 21.2. The lowest BCUT2D eigenvalue weighted by Crippen LogP contribution is -2.35. The standard InChI is InChI=1S/C25H34N2O3/c1-20-5-4-6-24(17-20)30-16-3-2-7-25(29)26-18-21-8-10-22(11-9-21)19-27-14-12-23(28)13-15-27/h4-6,8-11,17,23,28H,2-3,7,12-16,18-19H2,1H3,(H,26,29). The first-order valence-corrected chi connectivity index (χ1v) is 11.0. The fourth-order valence-corrected chi connectivity index (χ4v) is 3.67. The van der Waals surface area contributed by atoms with E-state index in [1.807, 2.05) is 31.2 Å². The zero-order valence-electron chi connectivity index (χ0n) is 18.0. The number of carbonyl (C=O) groups excluding carboxylic acids is 1. The quantitative estimate of drug-likeness (QED) is 0.585. The highest BCUT2D eigenvalue weighted by molar-refractivity contribution is 5.75. The Balaban J connectivity index is 1.28. The third-order valence-electron chi connectivity index (χ3n) is 5.53. The van der Waals surface area contributed by atoms with Crippen LogP contribution in [0.2, 0.25) is 0 Å². The molecule has 30 heavy (non-hydrogen) atoms. The number of nitrogens with zero attached hydrogens (tertiary/aromatic N) is 1. The Hall–Kier alpha value is -2.37. The number of aliphatic hydroxyl groups is 1. The van der Waals surface area contributed by atoms with Gasteiger partial charge in [0.25, 0.3) is 0 Å². The zero-order valence-corrected chi connectivity index (χ0v) is 18.0. The molecule has 0 radical (unpaired) electrons. The van der Waals surface area contributed by atoms with Crippen LogP contribution in [0.25, 0.3) is 0 Å². The molecule has 1 amide bonds. The minimum absolute atomic E-state index is 0.0847. The number of rotatable bonds is 10. The summed E-state index contributed by atoms with van der Waals surface area (Å²) >= 11 is 0. The van der Waals surface area contributed by atoms with E-state index in [0.717, 1.165) is 56.6 Å². The lowest BCUT2D eigenvalue weighted by Gasteiger charge is -2.29. The fraction of sp³-hybridized carbons (Fsp3) is 0.480. The number of hydrogen-bond acceptors (Lipinski definition) is 4. The molecule has 0 bridgehead atoms. The Bertz CT molecular complexity index is 783. The van der Waals surface area contributed by atoms with E-state index in [9.17, 15) is 9.90 Å². The molecule has 162 valence electrons. The van der Waals surface area contributed by atoms with E-state index in [2.05, 4.69) is 34.5 Å². The number of amides is 1. The number of piperidine rings is 1. The topological polar surface area (TPSA) is 61.8 Å². The highest BCUT2D eigenvalue weighted by Gasteiger charge is 2.16. The molecule has 0 saturated carbocycles. The third kappa shape index (κ3) is 7.81.